The third kappa shape index (κ3) is 7.64. The molecule has 130 valence electrons. The van der Waals surface area contributed by atoms with Crippen molar-refractivity contribution in [3.05, 3.63) is 0 Å². The lowest BCUT2D eigenvalue weighted by atomic mass is 9.87. The second-order valence-electron chi connectivity index (χ2n) is 7.98. The maximum absolute atomic E-state index is 12.4. The predicted molar refractivity (Wildman–Crippen MR) is 86.5 cm³/mol. The summed E-state index contributed by atoms with van der Waals surface area (Å²) in [5, 5.41) is 14.8. The first-order chi connectivity index (χ1) is 9.77. The van der Waals surface area contributed by atoms with E-state index in [-0.39, 0.29) is 29.9 Å². The molecule has 0 aromatic heterocycles. The van der Waals surface area contributed by atoms with E-state index in [1.807, 2.05) is 34.6 Å². The van der Waals surface area contributed by atoms with E-state index in [0.717, 1.165) is 0 Å². The van der Waals surface area contributed by atoms with Gasteiger partial charge in [0.05, 0.1) is 12.6 Å². The van der Waals surface area contributed by atoms with Gasteiger partial charge in [0.15, 0.2) is 0 Å². The molecule has 6 heteroatoms. The average molecular weight is 316 g/mol. The van der Waals surface area contributed by atoms with Crippen LogP contribution >= 0.6 is 0 Å². The van der Waals surface area contributed by atoms with Crippen molar-refractivity contribution in [3.8, 4) is 0 Å². The molecule has 6 nitrogen and oxygen atoms in total. The molecular weight excluding hydrogens is 284 g/mol. The zero-order valence-corrected chi connectivity index (χ0v) is 15.1. The van der Waals surface area contributed by atoms with Gasteiger partial charge in [0.2, 0.25) is 5.91 Å². The van der Waals surface area contributed by atoms with Crippen LogP contribution in [0.4, 0.5) is 4.79 Å². The minimum absolute atomic E-state index is 0.105. The van der Waals surface area contributed by atoms with E-state index in [0.29, 0.717) is 0 Å². The Balaban J connectivity index is 4.89. The molecule has 2 amide bonds. The number of alkyl carbamates (subject to hydrolysis) is 1. The highest BCUT2D eigenvalue weighted by atomic mass is 16.6. The average Bonchev–Trinajstić information content (AvgIpc) is 2.28. The van der Waals surface area contributed by atoms with Crippen LogP contribution in [0.25, 0.3) is 0 Å². The van der Waals surface area contributed by atoms with Crippen molar-refractivity contribution >= 4 is 12.0 Å². The fourth-order valence-electron chi connectivity index (χ4n) is 1.77. The first kappa shape index (κ1) is 20.7. The van der Waals surface area contributed by atoms with Gasteiger partial charge in [-0.05, 0) is 32.1 Å². The molecule has 0 saturated heterocycles. The molecule has 22 heavy (non-hydrogen) atoms. The van der Waals surface area contributed by atoms with Gasteiger partial charge in [0.25, 0.3) is 0 Å². The molecule has 0 radical (unpaired) electrons. The number of carbonyl (C=O) groups is 2. The Hall–Kier alpha value is -1.30. The maximum Gasteiger partial charge on any atom is 0.408 e. The molecule has 0 spiro atoms. The summed E-state index contributed by atoms with van der Waals surface area (Å²) in [5.74, 6) is -0.429. The van der Waals surface area contributed by atoms with E-state index < -0.39 is 17.7 Å². The molecule has 0 bridgehead atoms. The molecule has 0 rings (SSSR count). The quantitative estimate of drug-likeness (QED) is 0.724. The first-order valence-corrected chi connectivity index (χ1v) is 7.68. The smallest absolute Gasteiger partial charge is 0.408 e. The number of ether oxygens (including phenoxy) is 1. The summed E-state index contributed by atoms with van der Waals surface area (Å²) in [7, 11) is 0. The Morgan fingerprint density at radius 2 is 1.55 bits per heavy atom. The van der Waals surface area contributed by atoms with Crippen molar-refractivity contribution in [3.63, 3.8) is 0 Å². The lowest BCUT2D eigenvalue weighted by Crippen LogP contribution is -2.56. The van der Waals surface area contributed by atoms with Crippen molar-refractivity contribution < 1.29 is 19.4 Å². The van der Waals surface area contributed by atoms with Crippen LogP contribution in [-0.2, 0) is 9.53 Å². The molecule has 2 atom stereocenters. The van der Waals surface area contributed by atoms with Crippen LogP contribution in [0, 0.1) is 11.3 Å². The lowest BCUT2D eigenvalue weighted by Gasteiger charge is -2.32. The highest BCUT2D eigenvalue weighted by Gasteiger charge is 2.31. The van der Waals surface area contributed by atoms with Crippen LogP contribution in [0.1, 0.15) is 55.4 Å². The highest BCUT2D eigenvalue weighted by molar-refractivity contribution is 5.86. The van der Waals surface area contributed by atoms with E-state index in [2.05, 4.69) is 10.6 Å². The SMILES string of the molecule is CC(C)C(NC(=O)OC(C)(C)C)C(=O)N[C@H](CO)C(C)(C)C. The van der Waals surface area contributed by atoms with Crippen molar-refractivity contribution in [2.45, 2.75) is 73.1 Å². The monoisotopic (exact) mass is 316 g/mol. The molecular formula is C16H32N2O4. The van der Waals surface area contributed by atoms with Gasteiger partial charge in [0, 0.05) is 0 Å². The van der Waals surface area contributed by atoms with Crippen molar-refractivity contribution in [2.24, 2.45) is 11.3 Å². The largest absolute Gasteiger partial charge is 0.444 e. The molecule has 0 saturated carbocycles. The second kappa shape index (κ2) is 7.81. The number of hydrogen-bond acceptors (Lipinski definition) is 4. The highest BCUT2D eigenvalue weighted by Crippen LogP contribution is 2.19. The summed E-state index contributed by atoms with van der Waals surface area (Å²) in [5.41, 5.74) is -0.904. The summed E-state index contributed by atoms with van der Waals surface area (Å²) in [6.07, 6.45) is -0.627. The van der Waals surface area contributed by atoms with Crippen LogP contribution in [-0.4, -0.2) is 41.4 Å². The standard InChI is InChI=1S/C16H32N2O4/c1-10(2)12(18-14(21)22-16(6,7)8)13(20)17-11(9-19)15(3,4)5/h10-12,19H,9H2,1-8H3,(H,17,20)(H,18,21)/t11-,12?/m1/s1. The number of nitrogens with one attached hydrogen (secondary N) is 2. The van der Waals surface area contributed by atoms with Gasteiger partial charge in [0.1, 0.15) is 11.6 Å². The summed E-state index contributed by atoms with van der Waals surface area (Å²) < 4.78 is 5.19. The number of carbonyl (C=O) groups excluding carboxylic acids is 2. The third-order valence-electron chi connectivity index (χ3n) is 3.17. The maximum atomic E-state index is 12.4. The molecule has 0 aromatic carbocycles. The zero-order chi connectivity index (χ0) is 17.7. The summed E-state index contributed by atoms with van der Waals surface area (Å²) in [4.78, 5) is 24.3. The van der Waals surface area contributed by atoms with Crippen LogP contribution in [0.15, 0.2) is 0 Å². The molecule has 0 aliphatic rings. The Morgan fingerprint density at radius 1 is 1.05 bits per heavy atom. The fraction of sp³-hybridized carbons (Fsp3) is 0.875. The van der Waals surface area contributed by atoms with E-state index in [1.165, 1.54) is 0 Å². The molecule has 0 aliphatic heterocycles. The number of aliphatic hydroxyl groups is 1. The third-order valence-corrected chi connectivity index (χ3v) is 3.17. The molecule has 3 N–H and O–H groups in total. The number of aliphatic hydroxyl groups excluding tert-OH is 1. The minimum Gasteiger partial charge on any atom is -0.444 e. The van der Waals surface area contributed by atoms with Gasteiger partial charge < -0.3 is 20.5 Å². The van der Waals surface area contributed by atoms with Crippen LogP contribution in [0.2, 0.25) is 0 Å². The van der Waals surface area contributed by atoms with E-state index in [9.17, 15) is 14.7 Å². The Bertz CT molecular complexity index is 381. The van der Waals surface area contributed by atoms with Crippen LogP contribution < -0.4 is 10.6 Å². The van der Waals surface area contributed by atoms with Gasteiger partial charge in [-0.3, -0.25) is 4.79 Å². The predicted octanol–water partition coefficient (Wildman–Crippen LogP) is 2.06. The second-order valence-corrected chi connectivity index (χ2v) is 7.98. The van der Waals surface area contributed by atoms with Crippen molar-refractivity contribution in [2.75, 3.05) is 6.61 Å². The van der Waals surface area contributed by atoms with E-state index in [4.69, 9.17) is 4.74 Å². The van der Waals surface area contributed by atoms with Crippen molar-refractivity contribution in [1.29, 1.82) is 0 Å². The fourth-order valence-corrected chi connectivity index (χ4v) is 1.77. The molecule has 0 fully saturated rings. The molecule has 1 unspecified atom stereocenters. The summed E-state index contributed by atoms with van der Waals surface area (Å²) >= 11 is 0. The van der Waals surface area contributed by atoms with Gasteiger partial charge in [-0.25, -0.2) is 4.79 Å². The number of hydrogen-bond donors (Lipinski definition) is 3. The van der Waals surface area contributed by atoms with Gasteiger partial charge in [-0.2, -0.15) is 0 Å². The van der Waals surface area contributed by atoms with Crippen LogP contribution in [0.3, 0.4) is 0 Å². The topological polar surface area (TPSA) is 87.7 Å². The van der Waals surface area contributed by atoms with Crippen LogP contribution in [0.5, 0.6) is 0 Å². The first-order valence-electron chi connectivity index (χ1n) is 7.68. The Morgan fingerprint density at radius 3 is 1.86 bits per heavy atom. The molecule has 0 heterocycles. The normalized spacial score (nSPS) is 15.2. The summed E-state index contributed by atoms with van der Waals surface area (Å²) in [6, 6.07) is -1.10. The summed E-state index contributed by atoms with van der Waals surface area (Å²) in [6.45, 7) is 14.6. The molecule has 0 aliphatic carbocycles. The molecule has 0 aromatic rings. The number of rotatable bonds is 5. The van der Waals surface area contributed by atoms with E-state index >= 15 is 0 Å². The van der Waals surface area contributed by atoms with Gasteiger partial charge >= 0.3 is 6.09 Å². The minimum atomic E-state index is -0.716. The Labute approximate surface area is 134 Å². The Kier molecular flexibility index (Phi) is 7.35. The van der Waals surface area contributed by atoms with E-state index in [1.54, 1.807) is 20.8 Å². The van der Waals surface area contributed by atoms with Crippen molar-refractivity contribution in [1.82, 2.24) is 10.6 Å². The van der Waals surface area contributed by atoms with Gasteiger partial charge in [-0.15, -0.1) is 0 Å². The zero-order valence-electron chi connectivity index (χ0n) is 15.1. The lowest BCUT2D eigenvalue weighted by molar-refractivity contribution is -0.126. The van der Waals surface area contributed by atoms with Gasteiger partial charge in [-0.1, -0.05) is 34.6 Å². The number of amides is 2.